The number of nitrogens with two attached hydrogens (primary N) is 1. The topological polar surface area (TPSA) is 99.6 Å². The van der Waals surface area contributed by atoms with E-state index in [0.717, 1.165) is 23.3 Å². The average molecular weight is 560 g/mol. The van der Waals surface area contributed by atoms with Gasteiger partial charge < -0.3 is 20.3 Å². The Balaban J connectivity index is 0.000000234. The zero-order chi connectivity index (χ0) is 28.6. The first-order chi connectivity index (χ1) is 19.6. The molecule has 0 bridgehead atoms. The first-order valence-electron chi connectivity index (χ1n) is 13.3. The predicted octanol–water partition coefficient (Wildman–Crippen LogP) is 5.95. The normalized spacial score (nSPS) is 12.9. The zero-order valence-corrected chi connectivity index (χ0v) is 23.5. The number of aliphatic hydroxyl groups excluding tert-OH is 1. The van der Waals surface area contributed by atoms with Crippen molar-refractivity contribution in [3.63, 3.8) is 0 Å². The first kappa shape index (κ1) is 30.6. The molecular formula is C32H37N3O4S. The van der Waals surface area contributed by atoms with Crippen LogP contribution in [0.5, 0.6) is 5.88 Å². The van der Waals surface area contributed by atoms with Crippen LogP contribution >= 0.6 is 11.3 Å². The van der Waals surface area contributed by atoms with Crippen molar-refractivity contribution >= 4 is 17.2 Å². The average Bonchev–Trinajstić information content (AvgIpc) is 3.68. The highest BCUT2D eigenvalue weighted by Gasteiger charge is 2.14. The summed E-state index contributed by atoms with van der Waals surface area (Å²) < 4.78 is 13.1. The van der Waals surface area contributed by atoms with Gasteiger partial charge in [-0.25, -0.2) is 4.68 Å². The molecule has 0 spiro atoms. The summed E-state index contributed by atoms with van der Waals surface area (Å²) >= 11 is 1.64. The molecule has 5 rings (SSSR count). The van der Waals surface area contributed by atoms with Crippen LogP contribution in [0.2, 0.25) is 0 Å². The highest BCUT2D eigenvalue weighted by Crippen LogP contribution is 2.27. The lowest BCUT2D eigenvalue weighted by molar-refractivity contribution is -0.118. The fourth-order valence-corrected chi connectivity index (χ4v) is 5.08. The Labute approximate surface area is 240 Å². The van der Waals surface area contributed by atoms with Gasteiger partial charge in [-0.1, -0.05) is 73.9 Å². The van der Waals surface area contributed by atoms with Crippen LogP contribution in [0.25, 0.3) is 11.1 Å². The number of amides is 1. The number of nitrogens with zero attached hydrogens (tertiary/aromatic N) is 2. The number of hydrogen-bond donors (Lipinski definition) is 2. The minimum absolute atomic E-state index is 0.0957. The standard InChI is InChI=1S/C17H17N3O3S.C13H18O.C2H2/c18-16(22)8-20-17(7-14(9-21)19-20)23-10-12-3-1-2-4-15(12)13-5-6-24-11-13;1-3-7-12(8-4-1)11-14-13-9-5-2-6-10-13;1-2/h1-7,11,21H,8-10H2,(H2,18,22);1,3-4,7-8,13H,2,5-6,9-11H2;1-2H. The van der Waals surface area contributed by atoms with Crippen molar-refractivity contribution in [1.82, 2.24) is 9.78 Å². The molecule has 0 unspecified atom stereocenters. The summed E-state index contributed by atoms with van der Waals surface area (Å²) in [7, 11) is 0. The molecule has 1 aliphatic carbocycles. The van der Waals surface area contributed by atoms with E-state index in [1.807, 2.05) is 35.7 Å². The molecule has 210 valence electrons. The number of ether oxygens (including phenoxy) is 2. The molecule has 0 atom stereocenters. The maximum absolute atomic E-state index is 11.1. The number of aromatic nitrogens is 2. The maximum atomic E-state index is 11.1. The van der Waals surface area contributed by atoms with E-state index in [1.165, 1.54) is 42.3 Å². The smallest absolute Gasteiger partial charge is 0.239 e. The number of hydrogen-bond acceptors (Lipinski definition) is 6. The number of aliphatic hydroxyl groups is 1. The molecule has 3 N–H and O–H groups in total. The van der Waals surface area contributed by atoms with Crippen LogP contribution in [0.1, 0.15) is 48.9 Å². The van der Waals surface area contributed by atoms with Crippen LogP contribution in [0.15, 0.2) is 77.5 Å². The van der Waals surface area contributed by atoms with Crippen molar-refractivity contribution < 1.29 is 19.4 Å². The molecule has 1 saturated carbocycles. The molecule has 2 heterocycles. The number of benzene rings is 2. The minimum Gasteiger partial charge on any atom is -0.473 e. The van der Waals surface area contributed by atoms with Crippen molar-refractivity contribution in [2.75, 3.05) is 0 Å². The molecule has 1 aliphatic rings. The van der Waals surface area contributed by atoms with Crippen LogP contribution in [-0.4, -0.2) is 26.9 Å². The van der Waals surface area contributed by atoms with E-state index in [1.54, 1.807) is 17.4 Å². The maximum Gasteiger partial charge on any atom is 0.239 e. The van der Waals surface area contributed by atoms with Crippen molar-refractivity contribution in [2.24, 2.45) is 5.73 Å². The van der Waals surface area contributed by atoms with Gasteiger partial charge in [0.1, 0.15) is 13.2 Å². The summed E-state index contributed by atoms with van der Waals surface area (Å²) in [6.45, 7) is 0.780. The van der Waals surface area contributed by atoms with Crippen molar-refractivity contribution in [3.05, 3.63) is 94.3 Å². The molecule has 0 aliphatic heterocycles. The predicted molar refractivity (Wildman–Crippen MR) is 159 cm³/mol. The van der Waals surface area contributed by atoms with Gasteiger partial charge in [0, 0.05) is 6.07 Å². The summed E-state index contributed by atoms with van der Waals surface area (Å²) in [4.78, 5) is 11.1. The number of primary amides is 1. The second-order valence-corrected chi connectivity index (χ2v) is 10.1. The van der Waals surface area contributed by atoms with Gasteiger partial charge in [0.2, 0.25) is 11.8 Å². The summed E-state index contributed by atoms with van der Waals surface area (Å²) in [6, 6.07) is 22.1. The molecule has 1 amide bonds. The Morgan fingerprint density at radius 3 is 2.42 bits per heavy atom. The zero-order valence-electron chi connectivity index (χ0n) is 22.7. The van der Waals surface area contributed by atoms with Crippen LogP contribution in [0.3, 0.4) is 0 Å². The van der Waals surface area contributed by atoms with Crippen molar-refractivity contribution in [2.45, 2.75) is 64.6 Å². The molecule has 1 fully saturated rings. The monoisotopic (exact) mass is 559 g/mol. The van der Waals surface area contributed by atoms with Gasteiger partial charge >= 0.3 is 0 Å². The highest BCUT2D eigenvalue weighted by atomic mass is 32.1. The van der Waals surface area contributed by atoms with Crippen LogP contribution < -0.4 is 10.5 Å². The van der Waals surface area contributed by atoms with Gasteiger partial charge in [-0.05, 0) is 51.9 Å². The van der Waals surface area contributed by atoms with Crippen molar-refractivity contribution in [1.29, 1.82) is 0 Å². The third-order valence-corrected chi connectivity index (χ3v) is 7.05. The molecule has 0 radical (unpaired) electrons. The minimum atomic E-state index is -0.522. The molecule has 2 aromatic heterocycles. The molecule has 4 aromatic rings. The fourth-order valence-electron chi connectivity index (χ4n) is 4.42. The summed E-state index contributed by atoms with van der Waals surface area (Å²) in [5, 5.41) is 17.4. The van der Waals surface area contributed by atoms with Gasteiger partial charge in [0.25, 0.3) is 0 Å². The second-order valence-electron chi connectivity index (χ2n) is 9.27. The molecule has 40 heavy (non-hydrogen) atoms. The third-order valence-electron chi connectivity index (χ3n) is 6.37. The van der Waals surface area contributed by atoms with E-state index in [2.05, 4.69) is 53.7 Å². The Morgan fingerprint density at radius 1 is 1.02 bits per heavy atom. The number of carbonyl (C=O) groups is 1. The summed E-state index contributed by atoms with van der Waals surface area (Å²) in [5.74, 6) is -0.121. The Morgan fingerprint density at radius 2 is 1.75 bits per heavy atom. The Hall–Kier alpha value is -3.90. The quantitative estimate of drug-likeness (QED) is 0.234. The highest BCUT2D eigenvalue weighted by molar-refractivity contribution is 7.08. The molecule has 7 nitrogen and oxygen atoms in total. The lowest BCUT2D eigenvalue weighted by atomic mass is 9.98. The first-order valence-corrected chi connectivity index (χ1v) is 14.2. The summed E-state index contributed by atoms with van der Waals surface area (Å²) in [5.41, 5.74) is 10.2. The van der Waals surface area contributed by atoms with E-state index < -0.39 is 5.91 Å². The Bertz CT molecular complexity index is 1300. The van der Waals surface area contributed by atoms with Gasteiger partial charge in [0.05, 0.1) is 25.0 Å². The number of terminal acetylenes is 1. The number of rotatable bonds is 10. The van der Waals surface area contributed by atoms with E-state index in [9.17, 15) is 9.90 Å². The third kappa shape index (κ3) is 9.69. The lowest BCUT2D eigenvalue weighted by Gasteiger charge is -2.21. The molecule has 0 saturated heterocycles. The fraction of sp³-hybridized carbons (Fsp3) is 0.312. The SMILES string of the molecule is C#C.NC(=O)Cn1nc(CO)cc1OCc1ccccc1-c1ccsc1.c1ccc(COC2CCCCC2)cc1. The van der Waals surface area contributed by atoms with Crippen LogP contribution in [0, 0.1) is 12.8 Å². The lowest BCUT2D eigenvalue weighted by Crippen LogP contribution is -2.20. The largest absolute Gasteiger partial charge is 0.473 e. The number of carbonyl (C=O) groups excluding carboxylic acids is 1. The summed E-state index contributed by atoms with van der Waals surface area (Å²) in [6.07, 6.45) is 15.1. The Kier molecular flexibility index (Phi) is 13.0. The van der Waals surface area contributed by atoms with E-state index in [-0.39, 0.29) is 13.2 Å². The van der Waals surface area contributed by atoms with E-state index in [4.69, 9.17) is 15.2 Å². The molecule has 2 aromatic carbocycles. The van der Waals surface area contributed by atoms with Crippen molar-refractivity contribution in [3.8, 4) is 29.9 Å². The molecular weight excluding hydrogens is 522 g/mol. The van der Waals surface area contributed by atoms with E-state index in [0.29, 0.717) is 24.3 Å². The van der Waals surface area contributed by atoms with Crippen LogP contribution in [0.4, 0.5) is 0 Å². The van der Waals surface area contributed by atoms with Gasteiger partial charge in [-0.15, -0.1) is 12.8 Å². The van der Waals surface area contributed by atoms with Crippen LogP contribution in [-0.2, 0) is 35.9 Å². The van der Waals surface area contributed by atoms with E-state index >= 15 is 0 Å². The number of thiophene rings is 1. The van der Waals surface area contributed by atoms with Gasteiger partial charge in [-0.3, -0.25) is 4.79 Å². The van der Waals surface area contributed by atoms with Gasteiger partial charge in [0.15, 0.2) is 0 Å². The molecule has 8 heteroatoms. The van der Waals surface area contributed by atoms with Gasteiger partial charge in [-0.2, -0.15) is 16.4 Å². The second kappa shape index (κ2) is 16.9.